The molecule has 0 aromatic heterocycles. The Bertz CT molecular complexity index is 702. The van der Waals surface area contributed by atoms with Crippen LogP contribution >= 0.6 is 0 Å². The normalized spacial score (nSPS) is 23.2. The summed E-state index contributed by atoms with van der Waals surface area (Å²) < 4.78 is 0. The van der Waals surface area contributed by atoms with Gasteiger partial charge in [-0.25, -0.2) is 4.79 Å². The minimum atomic E-state index is -0.879. The maximum Gasteiger partial charge on any atom is 0.407 e. The molecule has 0 saturated carbocycles. The Balaban J connectivity index is 1.53. The van der Waals surface area contributed by atoms with E-state index in [1.807, 2.05) is 0 Å². The van der Waals surface area contributed by atoms with Gasteiger partial charge in [-0.3, -0.25) is 4.79 Å². The van der Waals surface area contributed by atoms with E-state index < -0.39 is 6.09 Å². The number of hydrogen-bond acceptors (Lipinski definition) is 4. The fourth-order valence-electron chi connectivity index (χ4n) is 4.45. The van der Waals surface area contributed by atoms with E-state index in [0.29, 0.717) is 25.9 Å². The molecule has 1 aliphatic carbocycles. The molecule has 0 atom stereocenters. The third-order valence-corrected chi connectivity index (χ3v) is 6.21. The summed E-state index contributed by atoms with van der Waals surface area (Å²) in [4.78, 5) is 30.4. The molecule has 0 unspecified atom stereocenters. The predicted molar refractivity (Wildman–Crippen MR) is 95.5 cm³/mol. The quantitative estimate of drug-likeness (QED) is 0.844. The maximum atomic E-state index is 13.1. The lowest BCUT2D eigenvalue weighted by Gasteiger charge is -2.36. The van der Waals surface area contributed by atoms with E-state index in [1.165, 1.54) is 4.90 Å². The molecular formula is C19H25N3O3. The van der Waals surface area contributed by atoms with Gasteiger partial charge in [0.2, 0.25) is 0 Å². The van der Waals surface area contributed by atoms with E-state index in [0.717, 1.165) is 49.4 Å². The van der Waals surface area contributed by atoms with Crippen molar-refractivity contribution in [3.63, 3.8) is 0 Å². The van der Waals surface area contributed by atoms with E-state index in [4.69, 9.17) is 5.11 Å². The average Bonchev–Trinajstić information content (AvgIpc) is 2.88. The zero-order valence-corrected chi connectivity index (χ0v) is 14.7. The highest BCUT2D eigenvalue weighted by Crippen LogP contribution is 2.45. The lowest BCUT2D eigenvalue weighted by molar-refractivity contribution is 0.0621. The second-order valence-electron chi connectivity index (χ2n) is 7.69. The number of ketones is 1. The van der Waals surface area contributed by atoms with Crippen molar-refractivity contribution in [2.45, 2.75) is 19.3 Å². The Morgan fingerprint density at radius 2 is 1.76 bits per heavy atom. The summed E-state index contributed by atoms with van der Waals surface area (Å²) in [5.41, 5.74) is 2.75. The fraction of sp³-hybridized carbons (Fsp3) is 0.579. The first-order valence-corrected chi connectivity index (χ1v) is 9.08. The van der Waals surface area contributed by atoms with E-state index in [9.17, 15) is 9.59 Å². The minimum Gasteiger partial charge on any atom is -0.465 e. The molecule has 2 fully saturated rings. The summed E-state index contributed by atoms with van der Waals surface area (Å²) in [6.07, 6.45) is 1.15. The molecule has 0 bridgehead atoms. The number of carboxylic acid groups (broad SMARTS) is 1. The molecule has 1 aromatic rings. The smallest absolute Gasteiger partial charge is 0.407 e. The molecule has 3 aliphatic rings. The zero-order chi connectivity index (χ0) is 17.6. The lowest BCUT2D eigenvalue weighted by Crippen LogP contribution is -2.45. The van der Waals surface area contributed by atoms with Crippen LogP contribution in [-0.2, 0) is 6.42 Å². The highest BCUT2D eigenvalue weighted by atomic mass is 16.4. The van der Waals surface area contributed by atoms with Crippen LogP contribution in [0.2, 0.25) is 0 Å². The monoisotopic (exact) mass is 343 g/mol. The minimum absolute atomic E-state index is 0.225. The lowest BCUT2D eigenvalue weighted by atomic mass is 9.75. The Kier molecular flexibility index (Phi) is 3.95. The van der Waals surface area contributed by atoms with Crippen LogP contribution < -0.4 is 4.90 Å². The number of rotatable bonds is 1. The van der Waals surface area contributed by atoms with Gasteiger partial charge >= 0.3 is 6.09 Å². The van der Waals surface area contributed by atoms with Crippen LogP contribution in [0, 0.1) is 5.41 Å². The average molecular weight is 343 g/mol. The van der Waals surface area contributed by atoms with Gasteiger partial charge in [-0.05, 0) is 44.0 Å². The largest absolute Gasteiger partial charge is 0.465 e. The van der Waals surface area contributed by atoms with Crippen molar-refractivity contribution >= 4 is 17.6 Å². The van der Waals surface area contributed by atoms with Crippen molar-refractivity contribution in [1.29, 1.82) is 0 Å². The molecule has 0 radical (unpaired) electrons. The van der Waals surface area contributed by atoms with Crippen molar-refractivity contribution in [3.8, 4) is 0 Å². The van der Waals surface area contributed by atoms with Gasteiger partial charge in [0.15, 0.2) is 5.78 Å². The maximum absolute atomic E-state index is 13.1. The number of carbonyl (C=O) groups is 2. The highest BCUT2D eigenvalue weighted by Gasteiger charge is 2.47. The summed E-state index contributed by atoms with van der Waals surface area (Å²) in [6.45, 7) is 4.98. The van der Waals surface area contributed by atoms with E-state index in [-0.39, 0.29) is 11.2 Å². The van der Waals surface area contributed by atoms with Crippen LogP contribution in [0.5, 0.6) is 0 Å². The highest BCUT2D eigenvalue weighted by molar-refractivity contribution is 6.05. The van der Waals surface area contributed by atoms with Crippen LogP contribution in [0.3, 0.4) is 0 Å². The van der Waals surface area contributed by atoms with E-state index in [2.05, 4.69) is 35.0 Å². The van der Waals surface area contributed by atoms with Gasteiger partial charge < -0.3 is 19.8 Å². The second-order valence-corrected chi connectivity index (χ2v) is 7.69. The van der Waals surface area contributed by atoms with Gasteiger partial charge in [-0.2, -0.15) is 0 Å². The molecule has 2 heterocycles. The topological polar surface area (TPSA) is 64.1 Å². The molecule has 1 aromatic carbocycles. The predicted octanol–water partition coefficient (Wildman–Crippen LogP) is 1.94. The fourth-order valence-corrected chi connectivity index (χ4v) is 4.45. The Morgan fingerprint density at radius 1 is 1.08 bits per heavy atom. The summed E-state index contributed by atoms with van der Waals surface area (Å²) in [6, 6.07) is 6.32. The van der Waals surface area contributed by atoms with Gasteiger partial charge in [0, 0.05) is 55.9 Å². The van der Waals surface area contributed by atoms with Gasteiger partial charge in [0.05, 0.1) is 0 Å². The van der Waals surface area contributed by atoms with Crippen LogP contribution in [0.1, 0.15) is 28.8 Å². The number of likely N-dealkylation sites (N-methyl/N-ethyl adjacent to an activating group) is 1. The third-order valence-electron chi connectivity index (χ3n) is 6.21. The molecular weight excluding hydrogens is 318 g/mol. The molecule has 6 heteroatoms. The summed E-state index contributed by atoms with van der Waals surface area (Å²) >= 11 is 0. The van der Waals surface area contributed by atoms with Crippen molar-refractivity contribution < 1.29 is 14.7 Å². The van der Waals surface area contributed by atoms with Gasteiger partial charge in [0.25, 0.3) is 0 Å². The van der Waals surface area contributed by atoms with Crippen molar-refractivity contribution in [1.82, 2.24) is 9.80 Å². The van der Waals surface area contributed by atoms with Crippen molar-refractivity contribution in [3.05, 3.63) is 29.3 Å². The van der Waals surface area contributed by atoms with Gasteiger partial charge in [0.1, 0.15) is 0 Å². The van der Waals surface area contributed by atoms with Crippen LogP contribution in [0.4, 0.5) is 10.5 Å². The number of amides is 1. The second kappa shape index (κ2) is 6.02. The number of Topliss-reactive ketones (excluding diaryl/α,β-unsaturated/α-hetero) is 1. The Morgan fingerprint density at radius 3 is 2.40 bits per heavy atom. The number of carbonyl (C=O) groups excluding carboxylic acids is 1. The Hall–Kier alpha value is -2.08. The Labute approximate surface area is 148 Å². The number of anilines is 1. The molecule has 1 amide bonds. The molecule has 2 saturated heterocycles. The first-order chi connectivity index (χ1) is 12.0. The molecule has 25 heavy (non-hydrogen) atoms. The first kappa shape index (κ1) is 16.4. The first-order valence-electron chi connectivity index (χ1n) is 9.08. The summed E-state index contributed by atoms with van der Waals surface area (Å²) in [5.74, 6) is 0.225. The third kappa shape index (κ3) is 2.78. The standard InChI is InChI=1S/C19H25N3O3/c1-20-8-10-21(11-9-20)15-3-2-14-13-19(17(23)16(14)12-15)4-6-22(7-5-19)18(24)25/h2-3,12H,4-11,13H2,1H3,(H,24,25). The number of nitrogens with zero attached hydrogens (tertiary/aromatic N) is 3. The van der Waals surface area contributed by atoms with Crippen LogP contribution in [0.25, 0.3) is 0 Å². The number of fused-ring (bicyclic) bond motifs is 1. The van der Waals surface area contributed by atoms with Crippen molar-refractivity contribution in [2.75, 3.05) is 51.2 Å². The number of hydrogen-bond donors (Lipinski definition) is 1. The van der Waals surface area contributed by atoms with Crippen LogP contribution in [-0.4, -0.2) is 73.1 Å². The van der Waals surface area contributed by atoms with E-state index >= 15 is 0 Å². The number of piperidine rings is 1. The number of likely N-dealkylation sites (tertiary alicyclic amines) is 1. The molecule has 1 spiro atoms. The molecule has 6 nitrogen and oxygen atoms in total. The zero-order valence-electron chi connectivity index (χ0n) is 14.7. The van der Waals surface area contributed by atoms with Gasteiger partial charge in [-0.15, -0.1) is 0 Å². The molecule has 2 aliphatic heterocycles. The molecule has 4 rings (SSSR count). The summed E-state index contributed by atoms with van der Waals surface area (Å²) in [7, 11) is 2.14. The molecule has 1 N–H and O–H groups in total. The van der Waals surface area contributed by atoms with Gasteiger partial charge in [-0.1, -0.05) is 6.07 Å². The summed E-state index contributed by atoms with van der Waals surface area (Å²) in [5, 5.41) is 9.14. The van der Waals surface area contributed by atoms with Crippen LogP contribution in [0.15, 0.2) is 18.2 Å². The van der Waals surface area contributed by atoms with Crippen molar-refractivity contribution in [2.24, 2.45) is 5.41 Å². The van der Waals surface area contributed by atoms with E-state index in [1.54, 1.807) is 0 Å². The number of benzene rings is 1. The SMILES string of the molecule is CN1CCN(c2ccc3c(c2)C(=O)C2(CCN(C(=O)O)CC2)C3)CC1. The number of piperazine rings is 1. The molecule has 134 valence electrons.